The van der Waals surface area contributed by atoms with Crippen molar-refractivity contribution in [3.8, 4) is 0 Å². The lowest BCUT2D eigenvalue weighted by Gasteiger charge is -2.21. The van der Waals surface area contributed by atoms with Crippen molar-refractivity contribution in [2.75, 3.05) is 26.4 Å². The molecule has 0 radical (unpaired) electrons. The molecule has 0 saturated carbocycles. The highest BCUT2D eigenvalue weighted by atomic mass is 16.6. The molecular weight excluding hydrogens is 182 g/mol. The average molecular weight is 201 g/mol. The molecule has 1 heterocycles. The fourth-order valence-electron chi connectivity index (χ4n) is 1.18. The van der Waals surface area contributed by atoms with Crippen molar-refractivity contribution in [3.63, 3.8) is 0 Å². The van der Waals surface area contributed by atoms with Crippen molar-refractivity contribution in [3.05, 3.63) is 0 Å². The first-order chi connectivity index (χ1) is 6.68. The molecule has 1 fully saturated rings. The molecule has 0 bridgehead atoms. The van der Waals surface area contributed by atoms with E-state index >= 15 is 0 Å². The zero-order valence-corrected chi connectivity index (χ0v) is 8.82. The van der Waals surface area contributed by atoms with Gasteiger partial charge in [0, 0.05) is 6.04 Å². The smallest absolute Gasteiger partial charge is 0.188 e. The van der Waals surface area contributed by atoms with Crippen LogP contribution in [0.15, 0.2) is 4.99 Å². The molecule has 0 aromatic rings. The number of aliphatic imine (C=N–C) groups is 1. The van der Waals surface area contributed by atoms with Gasteiger partial charge in [-0.05, 0) is 13.8 Å². The van der Waals surface area contributed by atoms with Gasteiger partial charge in [-0.25, -0.2) is 0 Å². The van der Waals surface area contributed by atoms with Crippen LogP contribution >= 0.6 is 0 Å². The van der Waals surface area contributed by atoms with E-state index in [-0.39, 0.29) is 6.10 Å². The van der Waals surface area contributed by atoms with Crippen LogP contribution in [0, 0.1) is 0 Å². The second-order valence-corrected chi connectivity index (χ2v) is 3.59. The number of hydrogen-bond donors (Lipinski definition) is 2. The number of rotatable bonds is 3. The van der Waals surface area contributed by atoms with Crippen LogP contribution in [0.2, 0.25) is 0 Å². The lowest BCUT2D eigenvalue weighted by atomic mass is 10.3. The summed E-state index contributed by atoms with van der Waals surface area (Å²) in [7, 11) is 0. The first kappa shape index (κ1) is 11.3. The number of hydrogen-bond acceptors (Lipinski definition) is 3. The van der Waals surface area contributed by atoms with Gasteiger partial charge < -0.3 is 20.5 Å². The summed E-state index contributed by atoms with van der Waals surface area (Å²) in [5, 5.41) is 3.01. The van der Waals surface area contributed by atoms with Gasteiger partial charge in [-0.3, -0.25) is 4.99 Å². The van der Waals surface area contributed by atoms with Crippen molar-refractivity contribution >= 4 is 5.96 Å². The van der Waals surface area contributed by atoms with E-state index in [9.17, 15) is 0 Å². The van der Waals surface area contributed by atoms with E-state index in [1.165, 1.54) is 0 Å². The molecule has 1 aliphatic heterocycles. The Morgan fingerprint density at radius 2 is 2.36 bits per heavy atom. The summed E-state index contributed by atoms with van der Waals surface area (Å²) >= 11 is 0. The van der Waals surface area contributed by atoms with Gasteiger partial charge in [0.15, 0.2) is 5.96 Å². The first-order valence-electron chi connectivity index (χ1n) is 4.94. The summed E-state index contributed by atoms with van der Waals surface area (Å²) in [6, 6.07) is 0.308. The van der Waals surface area contributed by atoms with Crippen LogP contribution < -0.4 is 11.1 Å². The van der Waals surface area contributed by atoms with Crippen LogP contribution in [0.25, 0.3) is 0 Å². The Bertz CT molecular complexity index is 188. The average Bonchev–Trinajstić information content (AvgIpc) is 2.15. The van der Waals surface area contributed by atoms with Crippen LogP contribution in [-0.4, -0.2) is 44.5 Å². The summed E-state index contributed by atoms with van der Waals surface area (Å²) in [6.45, 7) is 6.53. The van der Waals surface area contributed by atoms with Crippen molar-refractivity contribution < 1.29 is 9.47 Å². The molecule has 14 heavy (non-hydrogen) atoms. The second kappa shape index (κ2) is 5.82. The van der Waals surface area contributed by atoms with Crippen molar-refractivity contribution in [2.24, 2.45) is 10.7 Å². The zero-order valence-electron chi connectivity index (χ0n) is 8.82. The first-order valence-corrected chi connectivity index (χ1v) is 4.94. The number of nitrogens with one attached hydrogen (secondary N) is 1. The van der Waals surface area contributed by atoms with Gasteiger partial charge >= 0.3 is 0 Å². The van der Waals surface area contributed by atoms with Crippen molar-refractivity contribution in [1.29, 1.82) is 0 Å². The van der Waals surface area contributed by atoms with Crippen LogP contribution in [-0.2, 0) is 9.47 Å². The molecule has 1 saturated heterocycles. The second-order valence-electron chi connectivity index (χ2n) is 3.59. The highest BCUT2D eigenvalue weighted by Gasteiger charge is 2.13. The van der Waals surface area contributed by atoms with E-state index in [1.807, 2.05) is 13.8 Å². The minimum absolute atomic E-state index is 0.0521. The quantitative estimate of drug-likeness (QED) is 0.486. The van der Waals surface area contributed by atoms with Gasteiger partial charge in [-0.1, -0.05) is 0 Å². The van der Waals surface area contributed by atoms with Gasteiger partial charge in [0.25, 0.3) is 0 Å². The van der Waals surface area contributed by atoms with Gasteiger partial charge in [0.2, 0.25) is 0 Å². The maximum absolute atomic E-state index is 5.63. The highest BCUT2D eigenvalue weighted by Crippen LogP contribution is 2.00. The molecule has 5 nitrogen and oxygen atoms in total. The molecule has 1 rings (SSSR count). The van der Waals surface area contributed by atoms with Gasteiger partial charge in [-0.15, -0.1) is 0 Å². The van der Waals surface area contributed by atoms with Crippen LogP contribution in [0.4, 0.5) is 0 Å². The van der Waals surface area contributed by atoms with E-state index in [0.29, 0.717) is 38.4 Å². The molecule has 1 atom stereocenters. The number of nitrogens with two attached hydrogens (primary N) is 1. The predicted molar refractivity (Wildman–Crippen MR) is 55.3 cm³/mol. The maximum Gasteiger partial charge on any atom is 0.188 e. The lowest BCUT2D eigenvalue weighted by molar-refractivity contribution is -0.0832. The Morgan fingerprint density at radius 3 is 2.93 bits per heavy atom. The van der Waals surface area contributed by atoms with Gasteiger partial charge in [0.1, 0.15) is 6.10 Å². The lowest BCUT2D eigenvalue weighted by Crippen LogP contribution is -2.38. The van der Waals surface area contributed by atoms with E-state index in [4.69, 9.17) is 15.2 Å². The molecule has 0 aromatic heterocycles. The van der Waals surface area contributed by atoms with Crippen molar-refractivity contribution in [1.82, 2.24) is 5.32 Å². The molecule has 0 aromatic carbocycles. The Kier molecular flexibility index (Phi) is 4.69. The summed E-state index contributed by atoms with van der Waals surface area (Å²) in [6.07, 6.45) is 0.0521. The molecule has 82 valence electrons. The SMILES string of the molecule is CC(C)NC(N)=NCC1COCCO1. The normalized spacial score (nSPS) is 23.9. The monoisotopic (exact) mass is 201 g/mol. The molecule has 1 aliphatic rings. The zero-order chi connectivity index (χ0) is 10.4. The Morgan fingerprint density at radius 1 is 1.57 bits per heavy atom. The molecule has 0 aliphatic carbocycles. The molecule has 3 N–H and O–H groups in total. The Balaban J connectivity index is 2.22. The van der Waals surface area contributed by atoms with E-state index < -0.39 is 0 Å². The Labute approximate surface area is 84.7 Å². The number of nitrogens with zero attached hydrogens (tertiary/aromatic N) is 1. The summed E-state index contributed by atoms with van der Waals surface area (Å²) < 4.78 is 10.7. The largest absolute Gasteiger partial charge is 0.376 e. The summed E-state index contributed by atoms with van der Waals surface area (Å²) in [5.41, 5.74) is 5.63. The van der Waals surface area contributed by atoms with Crippen LogP contribution in [0.3, 0.4) is 0 Å². The van der Waals surface area contributed by atoms with E-state index in [1.54, 1.807) is 0 Å². The predicted octanol–water partition coefficient (Wildman–Crippen LogP) is -0.285. The van der Waals surface area contributed by atoms with E-state index in [0.717, 1.165) is 0 Å². The van der Waals surface area contributed by atoms with Crippen LogP contribution in [0.5, 0.6) is 0 Å². The van der Waals surface area contributed by atoms with Gasteiger partial charge in [0.05, 0.1) is 26.4 Å². The van der Waals surface area contributed by atoms with Crippen molar-refractivity contribution in [2.45, 2.75) is 26.0 Å². The standard InChI is InChI=1S/C9H19N3O2/c1-7(2)12-9(10)11-5-8-6-13-3-4-14-8/h7-8H,3-6H2,1-2H3,(H3,10,11,12). The third kappa shape index (κ3) is 4.43. The molecule has 5 heteroatoms. The van der Waals surface area contributed by atoms with E-state index in [2.05, 4.69) is 10.3 Å². The highest BCUT2D eigenvalue weighted by molar-refractivity contribution is 5.78. The molecular formula is C9H19N3O2. The minimum atomic E-state index is 0.0521. The molecule has 1 unspecified atom stereocenters. The minimum Gasteiger partial charge on any atom is -0.376 e. The number of guanidine groups is 1. The Hall–Kier alpha value is -0.810. The van der Waals surface area contributed by atoms with Crippen LogP contribution in [0.1, 0.15) is 13.8 Å². The maximum atomic E-state index is 5.63. The third-order valence-corrected chi connectivity index (χ3v) is 1.79. The fourth-order valence-corrected chi connectivity index (χ4v) is 1.18. The number of ether oxygens (including phenoxy) is 2. The third-order valence-electron chi connectivity index (χ3n) is 1.79. The fraction of sp³-hybridized carbons (Fsp3) is 0.889. The molecule has 0 amide bonds. The topological polar surface area (TPSA) is 68.9 Å². The summed E-state index contributed by atoms with van der Waals surface area (Å²) in [5.74, 6) is 0.467. The summed E-state index contributed by atoms with van der Waals surface area (Å²) in [4.78, 5) is 4.17. The molecule has 0 spiro atoms. The van der Waals surface area contributed by atoms with Gasteiger partial charge in [-0.2, -0.15) is 0 Å².